The Kier molecular flexibility index (Phi) is 2.17. The lowest BCUT2D eigenvalue weighted by atomic mass is 10.0. The average Bonchev–Trinajstić information content (AvgIpc) is 2.76. The molecule has 0 fully saturated rings. The fourth-order valence-corrected chi connectivity index (χ4v) is 1.80. The molecule has 0 amide bonds. The zero-order valence-electron chi connectivity index (χ0n) is 12.7. The van der Waals surface area contributed by atoms with E-state index in [0.717, 1.165) is 4.57 Å². The van der Waals surface area contributed by atoms with Crippen molar-refractivity contribution >= 4 is 11.8 Å². The van der Waals surface area contributed by atoms with Crippen LogP contribution in [-0.2, 0) is 11.8 Å². The molecule has 0 spiro atoms. The number of Topliss-reactive ketones (excluding diaryl/α,β-unsaturated/α-hetero) is 1. The first-order valence-corrected chi connectivity index (χ1v) is 5.29. The number of aliphatic carboxylic acids is 1. The average molecular weight is 246 g/mol. The van der Waals surface area contributed by atoms with Crippen LogP contribution in [0.5, 0.6) is 0 Å². The highest BCUT2D eigenvalue weighted by Crippen LogP contribution is 2.27. The van der Waals surface area contributed by atoms with Gasteiger partial charge in [-0.15, -0.1) is 0 Å². The van der Waals surface area contributed by atoms with Crippen LogP contribution < -0.4 is 0 Å². The highest BCUT2D eigenvalue weighted by Gasteiger charge is 2.23. The minimum absolute atomic E-state index is 0.302. The van der Waals surface area contributed by atoms with Gasteiger partial charge in [-0.05, 0) is 18.6 Å². The van der Waals surface area contributed by atoms with Gasteiger partial charge in [0, 0.05) is 22.3 Å². The van der Waals surface area contributed by atoms with Crippen molar-refractivity contribution in [3.05, 3.63) is 47.8 Å². The predicted octanol–water partition coefficient (Wildman–Crippen LogP) is 2.27. The van der Waals surface area contributed by atoms with Gasteiger partial charge in [-0.1, -0.05) is 30.3 Å². The molecule has 0 bridgehead atoms. The molecule has 18 heavy (non-hydrogen) atoms. The lowest BCUT2D eigenvalue weighted by molar-refractivity contribution is -0.131. The maximum absolute atomic E-state index is 11.9. The van der Waals surface area contributed by atoms with Crippen LogP contribution in [0.25, 0.3) is 11.1 Å². The van der Waals surface area contributed by atoms with E-state index < -0.39 is 18.7 Å². The van der Waals surface area contributed by atoms with E-state index in [1.54, 1.807) is 30.3 Å². The topological polar surface area (TPSA) is 59.3 Å². The van der Waals surface area contributed by atoms with Crippen molar-refractivity contribution in [1.82, 2.24) is 4.57 Å². The Balaban J connectivity index is 2.79. The number of carbonyl (C=O) groups excluding carboxylic acids is 1. The fraction of sp³-hybridized carbons (Fsp3) is 0.143. The van der Waals surface area contributed by atoms with Gasteiger partial charge in [-0.25, -0.2) is 4.79 Å². The molecule has 0 saturated carbocycles. The normalized spacial score (nSPS) is 13.5. The van der Waals surface area contributed by atoms with Crippen LogP contribution in [0, 0.1) is 6.92 Å². The van der Waals surface area contributed by atoms with Crippen LogP contribution in [0.3, 0.4) is 0 Å². The highest BCUT2D eigenvalue weighted by atomic mass is 16.4. The largest absolute Gasteiger partial charge is 0.475 e. The van der Waals surface area contributed by atoms with Crippen molar-refractivity contribution in [3.63, 3.8) is 0 Å². The number of nitrogens with zero attached hydrogens (tertiary/aromatic N) is 1. The van der Waals surface area contributed by atoms with Gasteiger partial charge in [0.25, 0.3) is 5.78 Å². The summed E-state index contributed by atoms with van der Waals surface area (Å²) in [7, 11) is 0. The predicted molar refractivity (Wildman–Crippen MR) is 67.6 cm³/mol. The van der Waals surface area contributed by atoms with Crippen LogP contribution in [0.15, 0.2) is 36.4 Å². The van der Waals surface area contributed by atoms with Crippen molar-refractivity contribution in [3.8, 4) is 11.1 Å². The smallest absolute Gasteiger partial charge is 0.378 e. The maximum atomic E-state index is 11.9. The molecule has 1 N–H and O–H groups in total. The highest BCUT2D eigenvalue weighted by molar-refractivity contribution is 6.40. The van der Waals surface area contributed by atoms with Crippen molar-refractivity contribution in [1.29, 1.82) is 0 Å². The zero-order chi connectivity index (χ0) is 15.8. The Hall–Kier alpha value is -2.36. The Bertz CT molecular complexity index is 702. The van der Waals surface area contributed by atoms with Crippen LogP contribution in [0.4, 0.5) is 0 Å². The standard InChI is InChI=1S/C14H13NO3/c1-9-8-11(10-6-4-3-5-7-10)12(15(9)2)13(16)14(17)18/h3-8H,1-2H3,(H,17,18)/i2D3. The molecule has 0 saturated heterocycles. The number of carboxylic acids is 1. The Morgan fingerprint density at radius 2 is 1.94 bits per heavy atom. The Morgan fingerprint density at radius 3 is 2.50 bits per heavy atom. The van der Waals surface area contributed by atoms with Crippen molar-refractivity contribution in [2.24, 2.45) is 6.98 Å². The number of rotatable bonds is 3. The Morgan fingerprint density at radius 1 is 1.28 bits per heavy atom. The van der Waals surface area contributed by atoms with E-state index in [0.29, 0.717) is 16.8 Å². The molecule has 4 nitrogen and oxygen atoms in total. The van der Waals surface area contributed by atoms with Crippen LogP contribution in [0.2, 0.25) is 0 Å². The van der Waals surface area contributed by atoms with Gasteiger partial charge in [0.15, 0.2) is 0 Å². The lowest BCUT2D eigenvalue weighted by Gasteiger charge is -2.05. The SMILES string of the molecule is [2H]C([2H])([2H])n1c(C)cc(-c2ccccc2)c1C(=O)C(=O)O. The molecule has 0 aliphatic heterocycles. The van der Waals surface area contributed by atoms with Crippen molar-refractivity contribution in [2.45, 2.75) is 6.92 Å². The van der Waals surface area contributed by atoms with E-state index >= 15 is 0 Å². The third-order valence-corrected chi connectivity index (χ3v) is 2.68. The first-order chi connectivity index (χ1) is 9.73. The number of hydrogen-bond acceptors (Lipinski definition) is 2. The summed E-state index contributed by atoms with van der Waals surface area (Å²) in [5.74, 6) is -2.92. The quantitative estimate of drug-likeness (QED) is 0.667. The van der Waals surface area contributed by atoms with E-state index in [4.69, 9.17) is 9.22 Å². The van der Waals surface area contributed by atoms with Crippen LogP contribution >= 0.6 is 0 Å². The summed E-state index contributed by atoms with van der Waals surface area (Å²) in [6.45, 7) is -1.10. The number of aromatic nitrogens is 1. The minimum Gasteiger partial charge on any atom is -0.475 e. The van der Waals surface area contributed by atoms with E-state index in [9.17, 15) is 9.59 Å². The second-order valence-electron chi connectivity index (χ2n) is 3.88. The van der Waals surface area contributed by atoms with Gasteiger partial charge in [-0.3, -0.25) is 4.79 Å². The molecule has 92 valence electrons. The number of benzene rings is 1. The lowest BCUT2D eigenvalue weighted by Crippen LogP contribution is -2.17. The summed E-state index contributed by atoms with van der Waals surface area (Å²) in [6.07, 6.45) is 0. The Labute approximate surface area is 109 Å². The van der Waals surface area contributed by atoms with Crippen molar-refractivity contribution in [2.75, 3.05) is 0 Å². The number of hydrogen-bond donors (Lipinski definition) is 1. The van der Waals surface area contributed by atoms with E-state index in [2.05, 4.69) is 0 Å². The monoisotopic (exact) mass is 246 g/mol. The zero-order valence-corrected chi connectivity index (χ0v) is 9.68. The molecule has 1 heterocycles. The van der Waals surface area contributed by atoms with Gasteiger partial charge < -0.3 is 9.67 Å². The van der Waals surface area contributed by atoms with E-state index in [-0.39, 0.29) is 5.69 Å². The number of aryl methyl sites for hydroxylation is 1. The van der Waals surface area contributed by atoms with E-state index in [1.165, 1.54) is 13.0 Å². The molecular formula is C14H13NO3. The summed E-state index contributed by atoms with van der Waals surface area (Å²) in [4.78, 5) is 23.0. The van der Waals surface area contributed by atoms with Gasteiger partial charge in [0.05, 0.1) is 0 Å². The van der Waals surface area contributed by atoms with Crippen LogP contribution in [0.1, 0.15) is 20.3 Å². The van der Waals surface area contributed by atoms with Gasteiger partial charge in [0.1, 0.15) is 5.69 Å². The molecule has 1 aromatic heterocycles. The van der Waals surface area contributed by atoms with Crippen molar-refractivity contribution < 1.29 is 18.8 Å². The van der Waals surface area contributed by atoms with Gasteiger partial charge in [0.2, 0.25) is 0 Å². The van der Waals surface area contributed by atoms with Gasteiger partial charge >= 0.3 is 5.97 Å². The first kappa shape index (κ1) is 8.69. The number of carboxylic acid groups (broad SMARTS) is 1. The second kappa shape index (κ2) is 4.49. The number of ketones is 1. The molecule has 0 radical (unpaired) electrons. The summed E-state index contributed by atoms with van der Waals surface area (Å²) < 4.78 is 23.3. The van der Waals surface area contributed by atoms with Gasteiger partial charge in [-0.2, -0.15) is 0 Å². The summed E-state index contributed by atoms with van der Waals surface area (Å²) >= 11 is 0. The molecular weight excluding hydrogens is 230 g/mol. The third kappa shape index (κ3) is 1.93. The number of carbonyl (C=O) groups is 2. The summed E-state index contributed by atoms with van der Waals surface area (Å²) in [5.41, 5.74) is 0.870. The fourth-order valence-electron chi connectivity index (χ4n) is 1.80. The molecule has 2 aromatic rings. The second-order valence-corrected chi connectivity index (χ2v) is 3.88. The molecule has 1 aromatic carbocycles. The molecule has 0 atom stereocenters. The molecule has 0 aliphatic rings. The molecule has 2 rings (SSSR count). The van der Waals surface area contributed by atoms with E-state index in [1.807, 2.05) is 0 Å². The third-order valence-electron chi connectivity index (χ3n) is 2.68. The summed E-state index contributed by atoms with van der Waals surface area (Å²) in [6, 6.07) is 10.1. The first-order valence-electron chi connectivity index (χ1n) is 6.79. The summed E-state index contributed by atoms with van der Waals surface area (Å²) in [5, 5.41) is 8.96. The molecule has 0 unspecified atom stereocenters. The maximum Gasteiger partial charge on any atom is 0.378 e. The van der Waals surface area contributed by atoms with Crippen LogP contribution in [-0.4, -0.2) is 21.4 Å². The minimum atomic E-state index is -2.63. The molecule has 0 aliphatic carbocycles. The molecule has 4 heteroatoms.